The summed E-state index contributed by atoms with van der Waals surface area (Å²) in [5, 5.41) is 0. The molecule has 0 radical (unpaired) electrons. The number of hydrogen-bond donors (Lipinski definition) is 0. The molecule has 0 unspecified atom stereocenters. The minimum atomic E-state index is 0.489. The maximum atomic E-state index is 2.59. The van der Waals surface area contributed by atoms with E-state index < -0.39 is 0 Å². The van der Waals surface area contributed by atoms with Crippen LogP contribution in [0.4, 0.5) is 0 Å². The Hall–Kier alpha value is -0.0800. The second-order valence-electron chi connectivity index (χ2n) is 5.46. The van der Waals surface area contributed by atoms with Crippen LogP contribution in [-0.4, -0.2) is 49.6 Å². The van der Waals surface area contributed by atoms with Crippen LogP contribution in [0.15, 0.2) is 0 Å². The van der Waals surface area contributed by atoms with Crippen LogP contribution in [0, 0.1) is 5.41 Å². The summed E-state index contributed by atoms with van der Waals surface area (Å²) in [6, 6.07) is 0. The van der Waals surface area contributed by atoms with Crippen molar-refractivity contribution in [3.63, 3.8) is 0 Å². The second-order valence-corrected chi connectivity index (χ2v) is 5.46. The van der Waals surface area contributed by atoms with E-state index in [1.165, 1.54) is 39.1 Å². The number of nitrogens with zero attached hydrogens (tertiary/aromatic N) is 2. The summed E-state index contributed by atoms with van der Waals surface area (Å²) in [7, 11) is 2.21. The van der Waals surface area contributed by atoms with Gasteiger partial charge < -0.3 is 9.80 Å². The summed E-state index contributed by atoms with van der Waals surface area (Å²) >= 11 is 0. The summed E-state index contributed by atoms with van der Waals surface area (Å²) < 4.78 is 0. The fourth-order valence-corrected chi connectivity index (χ4v) is 1.57. The Morgan fingerprint density at radius 2 is 1.54 bits per heavy atom. The van der Waals surface area contributed by atoms with Gasteiger partial charge in [0.1, 0.15) is 0 Å². The van der Waals surface area contributed by atoms with Crippen molar-refractivity contribution >= 4 is 0 Å². The van der Waals surface area contributed by atoms with Crippen molar-refractivity contribution in [1.82, 2.24) is 9.80 Å². The van der Waals surface area contributed by atoms with Gasteiger partial charge in [-0.25, -0.2) is 0 Å². The topological polar surface area (TPSA) is 6.48 Å². The van der Waals surface area contributed by atoms with Crippen molar-refractivity contribution in [3.05, 3.63) is 0 Å². The zero-order chi connectivity index (χ0) is 9.90. The molecule has 1 saturated heterocycles. The predicted molar refractivity (Wildman–Crippen MR) is 58.0 cm³/mol. The van der Waals surface area contributed by atoms with Crippen molar-refractivity contribution < 1.29 is 0 Å². The molecular weight excluding hydrogens is 160 g/mol. The molecule has 1 fully saturated rings. The number of hydrogen-bond acceptors (Lipinski definition) is 2. The Labute approximate surface area is 82.9 Å². The minimum Gasteiger partial charge on any atom is -0.304 e. The maximum absolute atomic E-state index is 2.59. The molecule has 2 heteroatoms. The lowest BCUT2D eigenvalue weighted by Gasteiger charge is -2.33. The van der Waals surface area contributed by atoms with Gasteiger partial charge in [0.25, 0.3) is 0 Å². The van der Waals surface area contributed by atoms with Crippen LogP contribution in [-0.2, 0) is 0 Å². The average Bonchev–Trinajstić information content (AvgIpc) is 2.02. The summed E-state index contributed by atoms with van der Waals surface area (Å²) in [6.07, 6.45) is 1.32. The molecule has 1 rings (SSSR count). The Kier molecular flexibility index (Phi) is 3.74. The van der Waals surface area contributed by atoms with Crippen molar-refractivity contribution in [3.8, 4) is 0 Å². The Balaban J connectivity index is 2.16. The summed E-state index contributed by atoms with van der Waals surface area (Å²) in [6.45, 7) is 13.2. The molecule has 1 aliphatic rings. The molecule has 0 aromatic heterocycles. The van der Waals surface area contributed by atoms with E-state index in [-0.39, 0.29) is 0 Å². The third-order valence-electron chi connectivity index (χ3n) is 2.77. The van der Waals surface area contributed by atoms with E-state index in [4.69, 9.17) is 0 Å². The molecule has 0 aliphatic carbocycles. The Bertz CT molecular complexity index is 141. The summed E-state index contributed by atoms with van der Waals surface area (Å²) in [4.78, 5) is 5.00. The molecule has 1 aliphatic heterocycles. The summed E-state index contributed by atoms with van der Waals surface area (Å²) in [5.74, 6) is 0. The predicted octanol–water partition coefficient (Wildman–Crippen LogP) is 1.67. The lowest BCUT2D eigenvalue weighted by atomic mass is 9.92. The molecule has 0 N–H and O–H groups in total. The molecule has 0 saturated carbocycles. The highest BCUT2D eigenvalue weighted by molar-refractivity contribution is 4.71. The first-order valence-electron chi connectivity index (χ1n) is 5.38. The molecule has 0 bridgehead atoms. The molecule has 13 heavy (non-hydrogen) atoms. The van der Waals surface area contributed by atoms with Gasteiger partial charge in [0, 0.05) is 26.2 Å². The van der Waals surface area contributed by atoms with Crippen LogP contribution in [0.2, 0.25) is 0 Å². The maximum Gasteiger partial charge on any atom is 0.0110 e. The van der Waals surface area contributed by atoms with E-state index in [2.05, 4.69) is 37.6 Å². The van der Waals surface area contributed by atoms with Crippen LogP contribution >= 0.6 is 0 Å². The molecular formula is C11H24N2. The summed E-state index contributed by atoms with van der Waals surface area (Å²) in [5.41, 5.74) is 0.489. The van der Waals surface area contributed by atoms with E-state index in [9.17, 15) is 0 Å². The SMILES string of the molecule is CN1CCN(CCC(C)(C)C)CC1. The van der Waals surface area contributed by atoms with Crippen LogP contribution in [0.1, 0.15) is 27.2 Å². The van der Waals surface area contributed by atoms with Crippen molar-refractivity contribution in [2.24, 2.45) is 5.41 Å². The number of rotatable bonds is 2. The minimum absolute atomic E-state index is 0.489. The second kappa shape index (κ2) is 4.43. The average molecular weight is 184 g/mol. The van der Waals surface area contributed by atoms with Gasteiger partial charge in [-0.05, 0) is 25.4 Å². The third kappa shape index (κ3) is 4.63. The van der Waals surface area contributed by atoms with Crippen molar-refractivity contribution in [1.29, 1.82) is 0 Å². The molecule has 0 amide bonds. The molecule has 78 valence electrons. The van der Waals surface area contributed by atoms with Gasteiger partial charge in [-0.1, -0.05) is 20.8 Å². The van der Waals surface area contributed by atoms with Crippen molar-refractivity contribution in [2.45, 2.75) is 27.2 Å². The fraction of sp³-hybridized carbons (Fsp3) is 1.00. The third-order valence-corrected chi connectivity index (χ3v) is 2.77. The van der Waals surface area contributed by atoms with Crippen LogP contribution < -0.4 is 0 Å². The van der Waals surface area contributed by atoms with Gasteiger partial charge in [0.2, 0.25) is 0 Å². The first-order chi connectivity index (χ1) is 5.97. The van der Waals surface area contributed by atoms with Crippen LogP contribution in [0.5, 0.6) is 0 Å². The molecule has 2 nitrogen and oxygen atoms in total. The largest absolute Gasteiger partial charge is 0.304 e. The molecule has 0 aromatic carbocycles. The lowest BCUT2D eigenvalue weighted by Crippen LogP contribution is -2.45. The van der Waals surface area contributed by atoms with E-state index in [0.717, 1.165) is 0 Å². The monoisotopic (exact) mass is 184 g/mol. The van der Waals surface area contributed by atoms with Gasteiger partial charge in [-0.3, -0.25) is 0 Å². The van der Waals surface area contributed by atoms with E-state index in [1.54, 1.807) is 0 Å². The fourth-order valence-electron chi connectivity index (χ4n) is 1.57. The molecule has 1 heterocycles. The number of likely N-dealkylation sites (N-methyl/N-ethyl adjacent to an activating group) is 1. The highest BCUT2D eigenvalue weighted by atomic mass is 15.2. The van der Waals surface area contributed by atoms with E-state index in [1.807, 2.05) is 0 Å². The van der Waals surface area contributed by atoms with Gasteiger partial charge >= 0.3 is 0 Å². The normalized spacial score (nSPS) is 22.2. The first kappa shape index (κ1) is 11.0. The van der Waals surface area contributed by atoms with Gasteiger partial charge in [0.05, 0.1) is 0 Å². The Morgan fingerprint density at radius 3 is 2.00 bits per heavy atom. The molecule has 0 aromatic rings. The van der Waals surface area contributed by atoms with E-state index >= 15 is 0 Å². The van der Waals surface area contributed by atoms with Crippen LogP contribution in [0.25, 0.3) is 0 Å². The quantitative estimate of drug-likeness (QED) is 0.644. The lowest BCUT2D eigenvalue weighted by molar-refractivity contribution is 0.139. The van der Waals surface area contributed by atoms with E-state index in [0.29, 0.717) is 5.41 Å². The molecule has 0 atom stereocenters. The first-order valence-corrected chi connectivity index (χ1v) is 5.38. The molecule has 0 spiro atoms. The standard InChI is InChI=1S/C11H24N2/c1-11(2,3)5-6-13-9-7-12(4)8-10-13/h5-10H2,1-4H3. The highest BCUT2D eigenvalue weighted by Crippen LogP contribution is 2.19. The van der Waals surface area contributed by atoms with Crippen LogP contribution in [0.3, 0.4) is 0 Å². The Morgan fingerprint density at radius 1 is 1.00 bits per heavy atom. The zero-order valence-corrected chi connectivity index (χ0v) is 9.64. The van der Waals surface area contributed by atoms with Gasteiger partial charge in [-0.15, -0.1) is 0 Å². The van der Waals surface area contributed by atoms with Crippen molar-refractivity contribution in [2.75, 3.05) is 39.8 Å². The van der Waals surface area contributed by atoms with Gasteiger partial charge in [0.15, 0.2) is 0 Å². The smallest absolute Gasteiger partial charge is 0.0110 e. The highest BCUT2D eigenvalue weighted by Gasteiger charge is 2.16. The number of piperazine rings is 1. The van der Waals surface area contributed by atoms with Gasteiger partial charge in [-0.2, -0.15) is 0 Å². The zero-order valence-electron chi connectivity index (χ0n) is 9.64.